The fraction of sp³-hybridized carbons (Fsp3) is 0.519. The molecule has 1 aliphatic carbocycles. The second-order valence-corrected chi connectivity index (χ2v) is 8.57. The Morgan fingerprint density at radius 3 is 2.50 bits per heavy atom. The molecule has 0 spiro atoms. The molecular weight excluding hydrogens is 439 g/mol. The van der Waals surface area contributed by atoms with Crippen LogP contribution in [0, 0.1) is 11.7 Å². The number of ether oxygens (including phenoxy) is 3. The van der Waals surface area contributed by atoms with E-state index in [1.54, 1.807) is 6.92 Å². The lowest BCUT2D eigenvalue weighted by molar-refractivity contribution is -0.151. The van der Waals surface area contributed by atoms with Crippen molar-refractivity contribution in [3.63, 3.8) is 0 Å². The van der Waals surface area contributed by atoms with Gasteiger partial charge in [0.25, 0.3) is 0 Å². The zero-order valence-corrected chi connectivity index (χ0v) is 20.1. The molecule has 0 radical (unpaired) electrons. The van der Waals surface area contributed by atoms with Gasteiger partial charge in [0, 0.05) is 23.3 Å². The van der Waals surface area contributed by atoms with Gasteiger partial charge in [0.1, 0.15) is 17.7 Å². The van der Waals surface area contributed by atoms with Crippen molar-refractivity contribution in [3.8, 4) is 5.75 Å². The van der Waals surface area contributed by atoms with E-state index in [1.807, 2.05) is 0 Å². The molecule has 1 aliphatic rings. The number of unbranched alkanes of at least 4 members (excludes halogenated alkanes) is 2. The number of hydrogen-bond acceptors (Lipinski definition) is 6. The van der Waals surface area contributed by atoms with Gasteiger partial charge in [0.05, 0.1) is 13.0 Å². The van der Waals surface area contributed by atoms with Gasteiger partial charge in [-0.1, -0.05) is 39.2 Å². The highest BCUT2D eigenvalue weighted by Crippen LogP contribution is 2.30. The smallest absolute Gasteiger partial charge is 0.339 e. The summed E-state index contributed by atoms with van der Waals surface area (Å²) in [5, 5.41) is 0. The molecule has 0 amide bonds. The molecule has 6 nitrogen and oxygen atoms in total. The van der Waals surface area contributed by atoms with Crippen molar-refractivity contribution in [1.29, 1.82) is 0 Å². The Bertz CT molecular complexity index is 883. The van der Waals surface area contributed by atoms with Crippen LogP contribution in [-0.4, -0.2) is 30.6 Å². The van der Waals surface area contributed by atoms with E-state index in [2.05, 4.69) is 13.5 Å². The van der Waals surface area contributed by atoms with Gasteiger partial charge in [0.2, 0.25) is 0 Å². The second kappa shape index (κ2) is 14.3. The van der Waals surface area contributed by atoms with Crippen molar-refractivity contribution in [3.05, 3.63) is 47.8 Å². The van der Waals surface area contributed by atoms with Gasteiger partial charge in [-0.3, -0.25) is 4.79 Å². The summed E-state index contributed by atoms with van der Waals surface area (Å²) in [6, 6.07) is 3.77. The highest BCUT2D eigenvalue weighted by atomic mass is 19.1. The summed E-state index contributed by atoms with van der Waals surface area (Å²) < 4.78 is 29.6. The molecular formula is C27H35FO6. The molecule has 0 atom stereocenters. The summed E-state index contributed by atoms with van der Waals surface area (Å²) in [6.07, 6.45) is 10.7. The van der Waals surface area contributed by atoms with Crippen molar-refractivity contribution in [2.45, 2.75) is 77.7 Å². The lowest BCUT2D eigenvalue weighted by atomic mass is 9.84. The Kier molecular flexibility index (Phi) is 11.5. The molecule has 186 valence electrons. The molecule has 0 N–H and O–H groups in total. The second-order valence-electron chi connectivity index (χ2n) is 8.57. The van der Waals surface area contributed by atoms with Gasteiger partial charge in [0.15, 0.2) is 0 Å². The zero-order chi connectivity index (χ0) is 24.9. The largest absolute Gasteiger partial charge is 0.463 e. The maximum absolute atomic E-state index is 14.2. The number of halogens is 1. The average Bonchev–Trinajstić information content (AvgIpc) is 2.80. The van der Waals surface area contributed by atoms with Crippen LogP contribution in [-0.2, 0) is 23.9 Å². The van der Waals surface area contributed by atoms with Crippen LogP contribution in [0.5, 0.6) is 5.75 Å². The minimum absolute atomic E-state index is 0.0355. The van der Waals surface area contributed by atoms with E-state index in [1.165, 1.54) is 43.9 Å². The number of carbonyl (C=O) groups excluding carboxylic acids is 3. The van der Waals surface area contributed by atoms with Crippen LogP contribution >= 0.6 is 0 Å². The minimum atomic E-state index is -0.828. The number of benzene rings is 1. The molecule has 0 aliphatic heterocycles. The monoisotopic (exact) mass is 474 g/mol. The van der Waals surface area contributed by atoms with Crippen molar-refractivity contribution in [2.24, 2.45) is 5.92 Å². The molecule has 0 heterocycles. The predicted octanol–water partition coefficient (Wildman–Crippen LogP) is 5.94. The lowest BCUT2D eigenvalue weighted by Crippen LogP contribution is -2.25. The summed E-state index contributed by atoms with van der Waals surface area (Å²) in [5.41, 5.74) is 0.0697. The first-order valence-electron chi connectivity index (χ1n) is 12.1. The van der Waals surface area contributed by atoms with E-state index in [4.69, 9.17) is 14.2 Å². The van der Waals surface area contributed by atoms with Gasteiger partial charge in [-0.2, -0.15) is 0 Å². The maximum atomic E-state index is 14.2. The zero-order valence-electron chi connectivity index (χ0n) is 20.1. The van der Waals surface area contributed by atoms with E-state index in [0.717, 1.165) is 37.8 Å². The molecule has 1 saturated carbocycles. The maximum Gasteiger partial charge on any atom is 0.339 e. The summed E-state index contributed by atoms with van der Waals surface area (Å²) in [5.74, 6) is -1.93. The average molecular weight is 475 g/mol. The molecule has 0 unspecified atom stereocenters. The molecule has 1 aromatic rings. The lowest BCUT2D eigenvalue weighted by Gasteiger charge is -2.28. The van der Waals surface area contributed by atoms with Gasteiger partial charge in [-0.05, 0) is 56.7 Å². The number of esters is 3. The van der Waals surface area contributed by atoms with Crippen molar-refractivity contribution in [1.82, 2.24) is 0 Å². The summed E-state index contributed by atoms with van der Waals surface area (Å²) in [6.45, 7) is 7.70. The molecule has 0 bridgehead atoms. The fourth-order valence-electron chi connectivity index (χ4n) is 3.93. The van der Waals surface area contributed by atoms with Crippen LogP contribution in [0.4, 0.5) is 4.39 Å². The Morgan fingerprint density at radius 1 is 1.12 bits per heavy atom. The minimum Gasteiger partial charge on any atom is -0.463 e. The Morgan fingerprint density at radius 2 is 1.85 bits per heavy atom. The molecule has 0 aromatic heterocycles. The van der Waals surface area contributed by atoms with Crippen LogP contribution in [0.15, 0.2) is 36.4 Å². The van der Waals surface area contributed by atoms with E-state index in [-0.39, 0.29) is 36.0 Å². The van der Waals surface area contributed by atoms with E-state index in [9.17, 15) is 18.8 Å². The molecule has 1 fully saturated rings. The van der Waals surface area contributed by atoms with Crippen molar-refractivity contribution >= 4 is 24.0 Å². The first kappa shape index (κ1) is 27.3. The van der Waals surface area contributed by atoms with Crippen LogP contribution in [0.1, 0.15) is 77.2 Å². The first-order valence-corrected chi connectivity index (χ1v) is 12.1. The third kappa shape index (κ3) is 9.49. The Labute approximate surface area is 201 Å². The Balaban J connectivity index is 1.77. The van der Waals surface area contributed by atoms with E-state index < -0.39 is 23.7 Å². The molecule has 34 heavy (non-hydrogen) atoms. The number of hydrogen-bond donors (Lipinski definition) is 0. The third-order valence-corrected chi connectivity index (χ3v) is 5.82. The number of rotatable bonds is 12. The Hall–Kier alpha value is -2.96. The van der Waals surface area contributed by atoms with Gasteiger partial charge < -0.3 is 14.2 Å². The molecule has 1 aromatic carbocycles. The third-order valence-electron chi connectivity index (χ3n) is 5.82. The van der Waals surface area contributed by atoms with Crippen molar-refractivity contribution < 1.29 is 33.0 Å². The van der Waals surface area contributed by atoms with Crippen LogP contribution in [0.3, 0.4) is 0 Å². The predicted molar refractivity (Wildman–Crippen MR) is 127 cm³/mol. The highest BCUT2D eigenvalue weighted by molar-refractivity contribution is 5.94. The van der Waals surface area contributed by atoms with Crippen LogP contribution < -0.4 is 4.74 Å². The topological polar surface area (TPSA) is 78.9 Å². The standard InChI is InChI=1S/C27H35FO6/c1-4-6-7-8-20-9-13-22(14-10-20)33-26(30)17-19(3)27(31)34-23-15-11-21(24(28)18-23)12-16-25(29)32-5-2/h11-12,15-16,18,20,22H,3-10,13-14,17H2,1-2H3. The van der Waals surface area contributed by atoms with Crippen LogP contribution in [0.25, 0.3) is 6.08 Å². The van der Waals surface area contributed by atoms with Gasteiger partial charge in [-0.15, -0.1) is 0 Å². The summed E-state index contributed by atoms with van der Waals surface area (Å²) >= 11 is 0. The summed E-state index contributed by atoms with van der Waals surface area (Å²) in [4.78, 5) is 35.9. The number of carbonyl (C=O) groups is 3. The van der Waals surface area contributed by atoms with Crippen LogP contribution in [0.2, 0.25) is 0 Å². The van der Waals surface area contributed by atoms with Gasteiger partial charge >= 0.3 is 17.9 Å². The quantitative estimate of drug-likeness (QED) is 0.162. The normalized spacial score (nSPS) is 17.9. The van der Waals surface area contributed by atoms with Crippen molar-refractivity contribution in [2.75, 3.05) is 6.61 Å². The van der Waals surface area contributed by atoms with E-state index >= 15 is 0 Å². The molecule has 0 saturated heterocycles. The first-order chi connectivity index (χ1) is 16.3. The SMILES string of the molecule is C=C(CC(=O)OC1CCC(CCCCC)CC1)C(=O)Oc1ccc(C=CC(=O)OCC)c(F)c1. The summed E-state index contributed by atoms with van der Waals surface area (Å²) in [7, 11) is 0. The highest BCUT2D eigenvalue weighted by Gasteiger charge is 2.25. The van der Waals surface area contributed by atoms with Gasteiger partial charge in [-0.25, -0.2) is 14.0 Å². The molecule has 2 rings (SSSR count). The van der Waals surface area contributed by atoms with E-state index in [0.29, 0.717) is 5.92 Å². The molecule has 7 heteroatoms. The fourth-order valence-corrected chi connectivity index (χ4v) is 3.93.